The van der Waals surface area contributed by atoms with Gasteiger partial charge in [0.2, 0.25) is 0 Å². The van der Waals surface area contributed by atoms with E-state index >= 15 is 0 Å². The van der Waals surface area contributed by atoms with Crippen LogP contribution in [0.25, 0.3) is 22.0 Å². The highest BCUT2D eigenvalue weighted by atomic mass is 16.6. The molecular weight excluding hydrogens is 562 g/mol. The fraction of sp³-hybridized carbons (Fsp3) is 0.455. The lowest BCUT2D eigenvalue weighted by molar-refractivity contribution is -0.155. The summed E-state index contributed by atoms with van der Waals surface area (Å²) in [5.41, 5.74) is 5.15. The number of aromatic nitrogens is 2. The molecule has 0 spiro atoms. The molecule has 1 aromatic heterocycles. The number of fused-ring (bicyclic) bond motifs is 6. The average Bonchev–Trinajstić information content (AvgIpc) is 3.29. The summed E-state index contributed by atoms with van der Waals surface area (Å²) in [6.07, 6.45) is 6.14. The van der Waals surface area contributed by atoms with Gasteiger partial charge in [-0.2, -0.15) is 5.10 Å². The van der Waals surface area contributed by atoms with Gasteiger partial charge in [-0.25, -0.2) is 10.2 Å². The molecule has 2 amide bonds. The lowest BCUT2D eigenvalue weighted by Gasteiger charge is -2.35. The molecule has 232 valence electrons. The number of aromatic hydroxyl groups is 1. The lowest BCUT2D eigenvalue weighted by atomic mass is 9.94. The number of cyclic esters (lactones) is 1. The molecule has 1 fully saturated rings. The molecule has 2 atom stereocenters. The number of phenols is 1. The second kappa shape index (κ2) is 11.8. The molecule has 0 aliphatic carbocycles. The monoisotopic (exact) mass is 601 g/mol. The molecule has 2 aliphatic heterocycles. The first-order valence-electron chi connectivity index (χ1n) is 14.8. The van der Waals surface area contributed by atoms with Crippen LogP contribution in [0.15, 0.2) is 36.4 Å². The molecule has 44 heavy (non-hydrogen) atoms. The average molecular weight is 602 g/mol. The Morgan fingerprint density at radius 2 is 1.98 bits per heavy atom. The van der Waals surface area contributed by atoms with Gasteiger partial charge in [-0.05, 0) is 80.5 Å². The summed E-state index contributed by atoms with van der Waals surface area (Å²) in [6, 6.07) is 9.04. The third kappa shape index (κ3) is 6.97. The molecule has 2 aromatic carbocycles. The molecule has 3 aromatic rings. The van der Waals surface area contributed by atoms with Crippen molar-refractivity contribution in [2.24, 2.45) is 5.41 Å². The number of hydrazine groups is 1. The maximum Gasteiger partial charge on any atom is 0.408 e. The molecule has 6 bridgehead atoms. The Labute approximate surface area is 256 Å². The number of esters is 1. The van der Waals surface area contributed by atoms with Crippen LogP contribution in [0.1, 0.15) is 58.7 Å². The number of terminal acetylenes is 1. The maximum absolute atomic E-state index is 13.9. The number of ether oxygens (including phenoxy) is 2. The molecule has 0 unspecified atom stereocenters. The van der Waals surface area contributed by atoms with E-state index in [9.17, 15) is 19.5 Å². The van der Waals surface area contributed by atoms with Gasteiger partial charge < -0.3 is 19.9 Å². The van der Waals surface area contributed by atoms with Gasteiger partial charge in [0.15, 0.2) is 0 Å². The Hall–Kier alpha value is -4.56. The molecule has 5 rings (SSSR count). The summed E-state index contributed by atoms with van der Waals surface area (Å²) >= 11 is 0. The normalized spacial score (nSPS) is 20.8. The van der Waals surface area contributed by atoms with E-state index in [1.165, 1.54) is 5.01 Å². The molecule has 0 radical (unpaired) electrons. The Kier molecular flexibility index (Phi) is 8.32. The quantitative estimate of drug-likeness (QED) is 0.282. The number of benzene rings is 2. The smallest absolute Gasteiger partial charge is 0.408 e. The van der Waals surface area contributed by atoms with E-state index in [0.29, 0.717) is 42.8 Å². The van der Waals surface area contributed by atoms with Crippen LogP contribution in [-0.4, -0.2) is 68.7 Å². The highest BCUT2D eigenvalue weighted by Gasteiger charge is 2.35. The van der Waals surface area contributed by atoms with Crippen molar-refractivity contribution in [3.05, 3.63) is 47.7 Å². The fourth-order valence-electron chi connectivity index (χ4n) is 5.55. The summed E-state index contributed by atoms with van der Waals surface area (Å²) in [7, 11) is 0. The van der Waals surface area contributed by atoms with E-state index < -0.39 is 41.1 Å². The van der Waals surface area contributed by atoms with Gasteiger partial charge in [0.1, 0.15) is 29.1 Å². The van der Waals surface area contributed by atoms with E-state index in [1.807, 2.05) is 42.8 Å². The van der Waals surface area contributed by atoms with Gasteiger partial charge in [0, 0.05) is 23.8 Å². The lowest BCUT2D eigenvalue weighted by Crippen LogP contribution is -2.60. The Morgan fingerprint density at radius 3 is 2.70 bits per heavy atom. The first-order chi connectivity index (χ1) is 20.7. The van der Waals surface area contributed by atoms with Crippen molar-refractivity contribution in [1.29, 1.82) is 0 Å². The minimum absolute atomic E-state index is 0.00771. The highest BCUT2D eigenvalue weighted by Crippen LogP contribution is 2.32. The third-order valence-electron chi connectivity index (χ3n) is 7.55. The molecule has 3 heterocycles. The van der Waals surface area contributed by atoms with Crippen molar-refractivity contribution >= 4 is 28.9 Å². The van der Waals surface area contributed by atoms with Crippen molar-refractivity contribution in [1.82, 2.24) is 25.5 Å². The van der Waals surface area contributed by atoms with Crippen LogP contribution in [-0.2, 0) is 32.0 Å². The second-order valence-electron chi connectivity index (χ2n) is 13.3. The van der Waals surface area contributed by atoms with Gasteiger partial charge in [0.05, 0.1) is 18.7 Å². The summed E-state index contributed by atoms with van der Waals surface area (Å²) in [6.45, 7) is 10.0. The molecule has 1 saturated heterocycles. The van der Waals surface area contributed by atoms with E-state index in [1.54, 1.807) is 32.9 Å². The zero-order valence-corrected chi connectivity index (χ0v) is 25.8. The zero-order chi connectivity index (χ0) is 31.8. The Balaban J connectivity index is 1.60. The van der Waals surface area contributed by atoms with Crippen LogP contribution in [0.3, 0.4) is 0 Å². The standard InChI is InChI=1S/C33H39N5O6/c1-7-25-24-11-10-21-17-28(24)38(35-25)18-33(5,6)19-43-30(41)26-9-8-12-37(36-26)29(40)27(34-31(42)44-32(2,3)4)15-20-13-22(21)16-23(39)14-20/h1,10-11,13-14,16-17,26-27,36,39H,8-9,12,15,18-19H2,2-6H3,(H,34,42)/t26-,27-/m0/s1. The van der Waals surface area contributed by atoms with E-state index in [0.717, 1.165) is 16.5 Å². The number of phenolic OH excluding ortho intramolecular Hbond substituents is 1. The van der Waals surface area contributed by atoms with Crippen LogP contribution in [0.5, 0.6) is 5.75 Å². The van der Waals surface area contributed by atoms with Gasteiger partial charge in [-0.1, -0.05) is 26.0 Å². The number of hydrogen-bond acceptors (Lipinski definition) is 8. The van der Waals surface area contributed by atoms with Crippen LogP contribution in [0, 0.1) is 17.8 Å². The minimum atomic E-state index is -1.05. The van der Waals surface area contributed by atoms with Crippen LogP contribution in [0.2, 0.25) is 0 Å². The van der Waals surface area contributed by atoms with E-state index in [-0.39, 0.29) is 18.8 Å². The van der Waals surface area contributed by atoms with Crippen LogP contribution in [0.4, 0.5) is 4.79 Å². The first kappa shape index (κ1) is 30.9. The van der Waals surface area contributed by atoms with Crippen molar-refractivity contribution in [3.63, 3.8) is 0 Å². The van der Waals surface area contributed by atoms with Gasteiger partial charge in [0.25, 0.3) is 5.91 Å². The molecule has 11 heteroatoms. The summed E-state index contributed by atoms with van der Waals surface area (Å²) < 4.78 is 13.0. The number of hydrogen-bond donors (Lipinski definition) is 3. The van der Waals surface area contributed by atoms with Crippen molar-refractivity contribution in [2.75, 3.05) is 13.2 Å². The van der Waals surface area contributed by atoms with Gasteiger partial charge >= 0.3 is 12.1 Å². The number of rotatable bonds is 1. The Bertz CT molecular complexity index is 1650. The molecule has 2 aliphatic rings. The van der Waals surface area contributed by atoms with Crippen LogP contribution >= 0.6 is 0 Å². The van der Waals surface area contributed by atoms with Crippen molar-refractivity contribution in [2.45, 2.75) is 78.1 Å². The van der Waals surface area contributed by atoms with E-state index in [2.05, 4.69) is 21.8 Å². The predicted molar refractivity (Wildman–Crippen MR) is 164 cm³/mol. The summed E-state index contributed by atoms with van der Waals surface area (Å²) in [5, 5.41) is 20.3. The predicted octanol–water partition coefficient (Wildman–Crippen LogP) is 3.90. The summed E-state index contributed by atoms with van der Waals surface area (Å²) in [4.78, 5) is 39.9. The second-order valence-corrected chi connectivity index (χ2v) is 13.3. The molecule has 11 nitrogen and oxygen atoms in total. The third-order valence-corrected chi connectivity index (χ3v) is 7.55. The number of nitrogens with zero attached hydrogens (tertiary/aromatic N) is 3. The number of carbonyl (C=O) groups excluding carboxylic acids is 3. The highest BCUT2D eigenvalue weighted by molar-refractivity contribution is 5.89. The largest absolute Gasteiger partial charge is 0.508 e. The van der Waals surface area contributed by atoms with Gasteiger partial charge in [-0.15, -0.1) is 6.42 Å². The fourth-order valence-corrected chi connectivity index (χ4v) is 5.55. The Morgan fingerprint density at radius 1 is 1.20 bits per heavy atom. The number of amides is 2. The number of carbonyl (C=O) groups is 3. The SMILES string of the molecule is C#Cc1nn2c3cc(ccc13)-c1cc(O)cc(c1)C[C@H](NC(=O)OC(C)(C)C)C(=O)N1CCC[C@H](N1)C(=O)OCC(C)(C)C2. The minimum Gasteiger partial charge on any atom is -0.508 e. The van der Waals surface area contributed by atoms with Gasteiger partial charge in [-0.3, -0.25) is 19.3 Å². The van der Waals surface area contributed by atoms with E-state index in [4.69, 9.17) is 15.9 Å². The topological polar surface area (TPSA) is 135 Å². The molecule has 0 saturated carbocycles. The number of nitrogens with one attached hydrogen (secondary N) is 2. The molecule has 3 N–H and O–H groups in total. The van der Waals surface area contributed by atoms with Crippen molar-refractivity contribution < 1.29 is 29.0 Å². The first-order valence-corrected chi connectivity index (χ1v) is 14.8. The van der Waals surface area contributed by atoms with Crippen molar-refractivity contribution in [3.8, 4) is 29.2 Å². The zero-order valence-electron chi connectivity index (χ0n) is 25.8. The van der Waals surface area contributed by atoms with Crippen LogP contribution < -0.4 is 10.7 Å². The molecular formula is C33H39N5O6. The number of alkyl carbamates (subject to hydrolysis) is 1. The summed E-state index contributed by atoms with van der Waals surface area (Å²) in [5.74, 6) is 1.76. The maximum atomic E-state index is 13.9.